The predicted octanol–water partition coefficient (Wildman–Crippen LogP) is 5.01. The minimum atomic E-state index is -1.38. The molecule has 4 nitrogen and oxygen atoms in total. The molecule has 1 aromatic carbocycles. The molecule has 0 atom stereocenters. The number of aryl methyl sites for hydroxylation is 1. The number of rotatable bonds is 5. The van der Waals surface area contributed by atoms with Gasteiger partial charge < -0.3 is 14.9 Å². The summed E-state index contributed by atoms with van der Waals surface area (Å²) in [6, 6.07) is 1.71. The molecule has 1 aliphatic rings. The van der Waals surface area contributed by atoms with Crippen LogP contribution in [0.1, 0.15) is 75.0 Å². The molecule has 0 aliphatic heterocycles. The van der Waals surface area contributed by atoms with Crippen molar-refractivity contribution in [2.24, 2.45) is 0 Å². The van der Waals surface area contributed by atoms with Crippen LogP contribution in [0.15, 0.2) is 6.07 Å². The van der Waals surface area contributed by atoms with Crippen LogP contribution in [0.4, 0.5) is 4.79 Å². The molecule has 1 aliphatic carbocycles. The van der Waals surface area contributed by atoms with Crippen molar-refractivity contribution in [2.75, 3.05) is 0 Å². The minimum Gasteiger partial charge on any atom is -0.504 e. The molecule has 0 amide bonds. The van der Waals surface area contributed by atoms with Crippen LogP contribution in [0.5, 0.6) is 11.5 Å². The van der Waals surface area contributed by atoms with E-state index in [9.17, 15) is 9.90 Å². The van der Waals surface area contributed by atoms with Crippen LogP contribution in [-0.2, 0) is 12.8 Å². The van der Waals surface area contributed by atoms with Crippen LogP contribution in [0.2, 0.25) is 0 Å². The standard InChI is InChI=1S/C18H26O4/c1-3-8-13-11-15(22-18(20)21)17(19)16(14(13)4-2)12-9-6-5-7-10-12/h11-12,19H,3-10H2,1-2H3,(H,20,21). The van der Waals surface area contributed by atoms with E-state index in [0.717, 1.165) is 43.2 Å². The summed E-state index contributed by atoms with van der Waals surface area (Å²) in [5, 5.41) is 19.5. The van der Waals surface area contributed by atoms with Crippen molar-refractivity contribution < 1.29 is 19.7 Å². The van der Waals surface area contributed by atoms with Gasteiger partial charge in [0.2, 0.25) is 0 Å². The number of hydrogen-bond acceptors (Lipinski definition) is 3. The highest BCUT2D eigenvalue weighted by molar-refractivity contribution is 5.65. The Morgan fingerprint density at radius 2 is 1.95 bits per heavy atom. The average molecular weight is 306 g/mol. The number of benzene rings is 1. The van der Waals surface area contributed by atoms with E-state index < -0.39 is 6.16 Å². The first-order valence-electron chi connectivity index (χ1n) is 8.36. The van der Waals surface area contributed by atoms with Gasteiger partial charge >= 0.3 is 6.16 Å². The SMILES string of the molecule is CCCc1cc(OC(=O)O)c(O)c(C2CCCCC2)c1CC. The van der Waals surface area contributed by atoms with E-state index in [4.69, 9.17) is 9.84 Å². The lowest BCUT2D eigenvalue weighted by atomic mass is 9.79. The van der Waals surface area contributed by atoms with Gasteiger partial charge in [0.25, 0.3) is 0 Å². The van der Waals surface area contributed by atoms with E-state index in [0.29, 0.717) is 5.92 Å². The molecule has 2 rings (SSSR count). The zero-order chi connectivity index (χ0) is 16.1. The van der Waals surface area contributed by atoms with Gasteiger partial charge in [-0.15, -0.1) is 0 Å². The Kier molecular flexibility index (Phi) is 5.69. The van der Waals surface area contributed by atoms with Crippen molar-refractivity contribution in [1.29, 1.82) is 0 Å². The van der Waals surface area contributed by atoms with Crippen LogP contribution in [0.3, 0.4) is 0 Å². The van der Waals surface area contributed by atoms with Crippen LogP contribution in [0.25, 0.3) is 0 Å². The summed E-state index contributed by atoms with van der Waals surface area (Å²) in [6.07, 6.45) is 7.02. The van der Waals surface area contributed by atoms with E-state index in [-0.39, 0.29) is 11.5 Å². The summed E-state index contributed by atoms with van der Waals surface area (Å²) >= 11 is 0. The summed E-state index contributed by atoms with van der Waals surface area (Å²) in [7, 11) is 0. The Balaban J connectivity index is 2.54. The van der Waals surface area contributed by atoms with Gasteiger partial charge in [0.05, 0.1) is 0 Å². The van der Waals surface area contributed by atoms with Crippen molar-refractivity contribution >= 4 is 6.16 Å². The van der Waals surface area contributed by atoms with Gasteiger partial charge in [0.1, 0.15) is 0 Å². The Morgan fingerprint density at radius 3 is 2.50 bits per heavy atom. The van der Waals surface area contributed by atoms with Gasteiger partial charge in [-0.05, 0) is 48.8 Å². The number of phenolic OH excluding ortho intramolecular Hbond substituents is 1. The second-order valence-electron chi connectivity index (χ2n) is 6.08. The van der Waals surface area contributed by atoms with Gasteiger partial charge in [0, 0.05) is 5.56 Å². The molecule has 0 saturated heterocycles. The second-order valence-corrected chi connectivity index (χ2v) is 6.08. The fraction of sp³-hybridized carbons (Fsp3) is 0.611. The van der Waals surface area contributed by atoms with Crippen molar-refractivity contribution in [1.82, 2.24) is 0 Å². The van der Waals surface area contributed by atoms with Crippen molar-refractivity contribution in [3.8, 4) is 11.5 Å². The summed E-state index contributed by atoms with van der Waals surface area (Å²) in [5.41, 5.74) is 3.23. The van der Waals surface area contributed by atoms with Gasteiger partial charge in [-0.3, -0.25) is 0 Å². The number of ether oxygens (including phenoxy) is 1. The molecule has 1 fully saturated rings. The molecule has 2 N–H and O–H groups in total. The highest BCUT2D eigenvalue weighted by Crippen LogP contribution is 2.45. The summed E-state index contributed by atoms with van der Waals surface area (Å²) in [6.45, 7) is 4.20. The van der Waals surface area contributed by atoms with E-state index >= 15 is 0 Å². The third kappa shape index (κ3) is 3.54. The maximum atomic E-state index is 10.9. The molecule has 1 aromatic rings. The topological polar surface area (TPSA) is 66.8 Å². The van der Waals surface area contributed by atoms with E-state index in [2.05, 4.69) is 13.8 Å². The van der Waals surface area contributed by atoms with Crippen molar-refractivity contribution in [3.63, 3.8) is 0 Å². The lowest BCUT2D eigenvalue weighted by molar-refractivity contribution is 0.142. The molecular weight excluding hydrogens is 280 g/mol. The minimum absolute atomic E-state index is 0.0333. The Morgan fingerprint density at radius 1 is 1.27 bits per heavy atom. The zero-order valence-electron chi connectivity index (χ0n) is 13.5. The second kappa shape index (κ2) is 7.52. The number of aromatic hydroxyl groups is 1. The van der Waals surface area contributed by atoms with Gasteiger partial charge in [-0.1, -0.05) is 39.5 Å². The highest BCUT2D eigenvalue weighted by Gasteiger charge is 2.26. The summed E-state index contributed by atoms with van der Waals surface area (Å²) in [5.74, 6) is 0.441. The molecule has 4 heteroatoms. The fourth-order valence-corrected chi connectivity index (χ4v) is 3.68. The number of hydrogen-bond donors (Lipinski definition) is 2. The van der Waals surface area contributed by atoms with Crippen LogP contribution in [0, 0.1) is 0 Å². The smallest absolute Gasteiger partial charge is 0.504 e. The third-order valence-electron chi connectivity index (χ3n) is 4.59. The van der Waals surface area contributed by atoms with Crippen molar-refractivity contribution in [3.05, 3.63) is 22.8 Å². The Labute approximate surface area is 132 Å². The lowest BCUT2D eigenvalue weighted by Crippen LogP contribution is -2.12. The summed E-state index contributed by atoms with van der Waals surface area (Å²) < 4.78 is 4.83. The molecule has 0 heterocycles. The number of carbonyl (C=O) groups is 1. The maximum absolute atomic E-state index is 10.9. The van der Waals surface area contributed by atoms with Crippen molar-refractivity contribution in [2.45, 2.75) is 71.1 Å². The Bertz CT molecular complexity index is 530. The molecule has 1 saturated carbocycles. The normalized spacial score (nSPS) is 15.7. The first kappa shape index (κ1) is 16.7. The first-order chi connectivity index (χ1) is 10.6. The van der Waals surface area contributed by atoms with Crippen LogP contribution in [-0.4, -0.2) is 16.4 Å². The molecule has 0 radical (unpaired) electrons. The maximum Gasteiger partial charge on any atom is 0.511 e. The monoisotopic (exact) mass is 306 g/mol. The largest absolute Gasteiger partial charge is 0.511 e. The van der Waals surface area contributed by atoms with E-state index in [1.165, 1.54) is 24.8 Å². The van der Waals surface area contributed by atoms with Crippen LogP contribution < -0.4 is 4.74 Å². The molecule has 122 valence electrons. The Hall–Kier alpha value is -1.71. The molecule has 0 aromatic heterocycles. The highest BCUT2D eigenvalue weighted by atomic mass is 16.7. The molecule has 0 unspecified atom stereocenters. The average Bonchev–Trinajstić information content (AvgIpc) is 2.50. The first-order valence-corrected chi connectivity index (χ1v) is 8.36. The predicted molar refractivity (Wildman–Crippen MR) is 86.0 cm³/mol. The van der Waals surface area contributed by atoms with Gasteiger partial charge in [-0.2, -0.15) is 0 Å². The number of carboxylic acid groups (broad SMARTS) is 1. The zero-order valence-corrected chi connectivity index (χ0v) is 13.5. The number of phenols is 1. The van der Waals surface area contributed by atoms with E-state index in [1.807, 2.05) is 0 Å². The summed E-state index contributed by atoms with van der Waals surface area (Å²) in [4.78, 5) is 10.9. The molecule has 22 heavy (non-hydrogen) atoms. The molecule has 0 spiro atoms. The fourth-order valence-electron chi connectivity index (χ4n) is 3.68. The van der Waals surface area contributed by atoms with Crippen LogP contribution >= 0.6 is 0 Å². The third-order valence-corrected chi connectivity index (χ3v) is 4.59. The molecular formula is C18H26O4. The van der Waals surface area contributed by atoms with Gasteiger partial charge in [-0.25, -0.2) is 4.79 Å². The quantitative estimate of drug-likeness (QED) is 0.592. The lowest BCUT2D eigenvalue weighted by Gasteiger charge is -2.27. The van der Waals surface area contributed by atoms with E-state index in [1.54, 1.807) is 6.07 Å². The van der Waals surface area contributed by atoms with Gasteiger partial charge in [0.15, 0.2) is 11.5 Å². The molecule has 0 bridgehead atoms.